The quantitative estimate of drug-likeness (QED) is 0.903. The molecule has 1 fully saturated rings. The summed E-state index contributed by atoms with van der Waals surface area (Å²) in [4.78, 5) is 11.1. The average Bonchev–Trinajstić information content (AvgIpc) is 2.58. The van der Waals surface area contributed by atoms with Gasteiger partial charge in [-0.1, -0.05) is 6.07 Å². The van der Waals surface area contributed by atoms with Crippen molar-refractivity contribution in [3.8, 4) is 0 Å². The Morgan fingerprint density at radius 2 is 2.26 bits per heavy atom. The Labute approximate surface area is 136 Å². The first-order valence-electron chi connectivity index (χ1n) is 7.92. The summed E-state index contributed by atoms with van der Waals surface area (Å²) in [6.07, 6.45) is 3.51. The summed E-state index contributed by atoms with van der Waals surface area (Å²) in [5.74, 6) is 0.922. The number of nitrogens with one attached hydrogen (secondary N) is 1. The number of nitrogen functional groups attached to an aromatic ring is 1. The first-order valence-corrected chi connectivity index (χ1v) is 7.92. The number of ether oxygens (including phenoxy) is 1. The fourth-order valence-electron chi connectivity index (χ4n) is 2.74. The number of nitrogens with two attached hydrogens (primary N) is 1. The number of rotatable bonds is 4. The molecule has 0 unspecified atom stereocenters. The highest BCUT2D eigenvalue weighted by atomic mass is 16.5. The highest BCUT2D eigenvalue weighted by Gasteiger charge is 2.21. The van der Waals surface area contributed by atoms with Gasteiger partial charge >= 0.3 is 0 Å². The van der Waals surface area contributed by atoms with Crippen LogP contribution in [0.2, 0.25) is 0 Å². The van der Waals surface area contributed by atoms with Gasteiger partial charge in [0.15, 0.2) is 0 Å². The molecular formula is C17H23N5O. The highest BCUT2D eigenvalue weighted by Crippen LogP contribution is 2.28. The fourth-order valence-corrected chi connectivity index (χ4v) is 2.74. The monoisotopic (exact) mass is 313 g/mol. The number of anilines is 3. The Kier molecular flexibility index (Phi) is 4.62. The molecular weight excluding hydrogens is 290 g/mol. The zero-order chi connectivity index (χ0) is 16.2. The molecule has 6 nitrogen and oxygen atoms in total. The van der Waals surface area contributed by atoms with Crippen LogP contribution < -0.4 is 16.0 Å². The first kappa shape index (κ1) is 15.6. The van der Waals surface area contributed by atoms with Crippen molar-refractivity contribution < 1.29 is 4.74 Å². The van der Waals surface area contributed by atoms with Gasteiger partial charge < -0.3 is 20.7 Å². The molecule has 3 rings (SSSR count). The molecule has 0 spiro atoms. The van der Waals surface area contributed by atoms with Crippen molar-refractivity contribution in [2.24, 2.45) is 0 Å². The molecule has 2 aromatic rings. The van der Waals surface area contributed by atoms with Gasteiger partial charge in [-0.25, -0.2) is 4.98 Å². The largest absolute Gasteiger partial charge is 0.396 e. The molecule has 2 atom stereocenters. The van der Waals surface area contributed by atoms with E-state index in [-0.39, 0.29) is 6.04 Å². The third kappa shape index (κ3) is 3.53. The van der Waals surface area contributed by atoms with Crippen molar-refractivity contribution in [3.05, 3.63) is 42.4 Å². The van der Waals surface area contributed by atoms with Crippen LogP contribution in [0.15, 0.2) is 36.7 Å². The van der Waals surface area contributed by atoms with Crippen LogP contribution in [0.3, 0.4) is 0 Å². The minimum atomic E-state index is 0.0656. The Morgan fingerprint density at radius 1 is 1.39 bits per heavy atom. The van der Waals surface area contributed by atoms with Gasteiger partial charge in [0.1, 0.15) is 5.82 Å². The number of pyridine rings is 2. The molecule has 1 aliphatic rings. The Balaban J connectivity index is 1.80. The lowest BCUT2D eigenvalue weighted by atomic mass is 10.2. The van der Waals surface area contributed by atoms with Gasteiger partial charge in [-0.15, -0.1) is 0 Å². The van der Waals surface area contributed by atoms with E-state index in [9.17, 15) is 0 Å². The molecule has 1 aliphatic heterocycles. The van der Waals surface area contributed by atoms with Crippen molar-refractivity contribution >= 4 is 17.2 Å². The molecule has 0 saturated carbocycles. The molecule has 3 heterocycles. The number of hydrogen-bond donors (Lipinski definition) is 2. The molecule has 23 heavy (non-hydrogen) atoms. The number of nitrogens with zero attached hydrogens (tertiary/aromatic N) is 3. The van der Waals surface area contributed by atoms with E-state index >= 15 is 0 Å². The van der Waals surface area contributed by atoms with Gasteiger partial charge in [-0.05, 0) is 26.0 Å². The fraction of sp³-hybridized carbons (Fsp3) is 0.412. The van der Waals surface area contributed by atoms with Crippen LogP contribution in [-0.2, 0) is 4.74 Å². The number of morpholine rings is 1. The third-order valence-electron chi connectivity index (χ3n) is 4.09. The first-order chi connectivity index (χ1) is 11.1. The minimum absolute atomic E-state index is 0.0656. The van der Waals surface area contributed by atoms with E-state index in [1.807, 2.05) is 24.3 Å². The second kappa shape index (κ2) is 6.83. The maximum Gasteiger partial charge on any atom is 0.131 e. The second-order valence-corrected chi connectivity index (χ2v) is 5.87. The van der Waals surface area contributed by atoms with Crippen LogP contribution in [-0.4, -0.2) is 35.8 Å². The zero-order valence-corrected chi connectivity index (χ0v) is 13.6. The van der Waals surface area contributed by atoms with E-state index in [2.05, 4.69) is 34.0 Å². The van der Waals surface area contributed by atoms with E-state index in [0.717, 1.165) is 37.0 Å². The molecule has 0 bridgehead atoms. The summed E-state index contributed by atoms with van der Waals surface area (Å²) in [5, 5.41) is 3.44. The van der Waals surface area contributed by atoms with E-state index in [1.54, 1.807) is 12.4 Å². The molecule has 1 saturated heterocycles. The maximum absolute atomic E-state index is 6.09. The highest BCUT2D eigenvalue weighted by molar-refractivity contribution is 5.69. The third-order valence-corrected chi connectivity index (χ3v) is 4.09. The van der Waals surface area contributed by atoms with Gasteiger partial charge in [0.25, 0.3) is 0 Å². The molecule has 0 aromatic carbocycles. The lowest BCUT2D eigenvalue weighted by Crippen LogP contribution is -2.44. The summed E-state index contributed by atoms with van der Waals surface area (Å²) in [6.45, 7) is 6.50. The van der Waals surface area contributed by atoms with Gasteiger partial charge in [0.05, 0.1) is 48.6 Å². The van der Waals surface area contributed by atoms with Crippen molar-refractivity contribution in [3.63, 3.8) is 0 Å². The SMILES string of the molecule is C[C@H](Nc1cc(N2CCOC[C@@H]2C)ncc1N)c1ccccn1. The van der Waals surface area contributed by atoms with Crippen molar-refractivity contribution in [1.82, 2.24) is 9.97 Å². The zero-order valence-electron chi connectivity index (χ0n) is 13.6. The summed E-state index contributed by atoms with van der Waals surface area (Å²) < 4.78 is 5.49. The van der Waals surface area contributed by atoms with Crippen molar-refractivity contribution in [2.75, 3.05) is 35.7 Å². The van der Waals surface area contributed by atoms with Crippen LogP contribution >= 0.6 is 0 Å². The predicted molar refractivity (Wildman–Crippen MR) is 92.6 cm³/mol. The summed E-state index contributed by atoms with van der Waals surface area (Å²) >= 11 is 0. The maximum atomic E-state index is 6.09. The van der Waals surface area contributed by atoms with Crippen molar-refractivity contribution in [2.45, 2.75) is 25.9 Å². The topological polar surface area (TPSA) is 76.3 Å². The molecule has 122 valence electrons. The molecule has 0 aliphatic carbocycles. The van der Waals surface area contributed by atoms with Crippen molar-refractivity contribution in [1.29, 1.82) is 0 Å². The van der Waals surface area contributed by atoms with Crippen LogP contribution in [0.1, 0.15) is 25.6 Å². The molecule has 2 aromatic heterocycles. The number of hydrogen-bond acceptors (Lipinski definition) is 6. The molecule has 3 N–H and O–H groups in total. The van der Waals surface area contributed by atoms with Crippen LogP contribution in [0.25, 0.3) is 0 Å². The average molecular weight is 313 g/mol. The van der Waals surface area contributed by atoms with E-state index in [4.69, 9.17) is 10.5 Å². The number of aromatic nitrogens is 2. The van der Waals surface area contributed by atoms with Gasteiger partial charge in [0.2, 0.25) is 0 Å². The summed E-state index contributed by atoms with van der Waals surface area (Å²) in [5.41, 5.74) is 8.59. The minimum Gasteiger partial charge on any atom is -0.396 e. The smallest absolute Gasteiger partial charge is 0.131 e. The standard InChI is InChI=1S/C17H23N5O/c1-12-11-23-8-7-22(12)17-9-16(14(18)10-20-17)21-13(2)15-5-3-4-6-19-15/h3-6,9-10,12-13H,7-8,11,18H2,1-2H3,(H,20,21)/t12-,13-/m0/s1. The van der Waals surface area contributed by atoms with E-state index in [0.29, 0.717) is 11.7 Å². The van der Waals surface area contributed by atoms with E-state index < -0.39 is 0 Å². The Hall–Kier alpha value is -2.34. The molecule has 0 amide bonds. The van der Waals surface area contributed by atoms with Crippen LogP contribution in [0, 0.1) is 0 Å². The van der Waals surface area contributed by atoms with Crippen LogP contribution in [0.4, 0.5) is 17.2 Å². The normalized spacial score (nSPS) is 19.4. The lowest BCUT2D eigenvalue weighted by molar-refractivity contribution is 0.0985. The summed E-state index contributed by atoms with van der Waals surface area (Å²) in [6, 6.07) is 8.28. The van der Waals surface area contributed by atoms with Gasteiger partial charge in [-0.2, -0.15) is 0 Å². The lowest BCUT2D eigenvalue weighted by Gasteiger charge is -2.34. The second-order valence-electron chi connectivity index (χ2n) is 5.87. The van der Waals surface area contributed by atoms with Gasteiger partial charge in [-0.3, -0.25) is 4.98 Å². The molecule has 6 heteroatoms. The summed E-state index contributed by atoms with van der Waals surface area (Å²) in [7, 11) is 0. The predicted octanol–water partition coefficient (Wildman–Crippen LogP) is 2.46. The van der Waals surface area contributed by atoms with Gasteiger partial charge in [0, 0.05) is 18.8 Å². The Bertz CT molecular complexity index is 649. The Morgan fingerprint density at radius 3 is 3.00 bits per heavy atom. The molecule has 0 radical (unpaired) electrons. The van der Waals surface area contributed by atoms with E-state index in [1.165, 1.54) is 0 Å². The van der Waals surface area contributed by atoms with Crippen LogP contribution in [0.5, 0.6) is 0 Å².